The minimum atomic E-state index is -0.536. The summed E-state index contributed by atoms with van der Waals surface area (Å²) in [6.45, 7) is 4.46. The summed E-state index contributed by atoms with van der Waals surface area (Å²) < 4.78 is 5.39. The van der Waals surface area contributed by atoms with Gasteiger partial charge in [-0.05, 0) is 55.8 Å². The highest BCUT2D eigenvalue weighted by atomic mass is 16.5. The van der Waals surface area contributed by atoms with Gasteiger partial charge in [-0.2, -0.15) is 0 Å². The number of hydrogen-bond donors (Lipinski definition) is 1. The highest BCUT2D eigenvalue weighted by Crippen LogP contribution is 2.27. The smallest absolute Gasteiger partial charge is 0.256 e. The number of nitrogens with zero attached hydrogens (tertiary/aromatic N) is 1. The van der Waals surface area contributed by atoms with Gasteiger partial charge >= 0.3 is 0 Å². The van der Waals surface area contributed by atoms with Crippen LogP contribution in [0.25, 0.3) is 0 Å². The first-order valence-corrected chi connectivity index (χ1v) is 8.01. The first-order valence-electron chi connectivity index (χ1n) is 8.01. The van der Waals surface area contributed by atoms with E-state index >= 15 is 0 Å². The molecule has 2 aromatic rings. The van der Waals surface area contributed by atoms with Crippen LogP contribution in [-0.4, -0.2) is 24.5 Å². The second-order valence-corrected chi connectivity index (χ2v) is 5.76. The predicted molar refractivity (Wildman–Crippen MR) is 93.3 cm³/mol. The minimum Gasteiger partial charge on any atom is -0.494 e. The summed E-state index contributed by atoms with van der Waals surface area (Å²) in [6, 6.07) is 14.2. The van der Waals surface area contributed by atoms with Crippen molar-refractivity contribution in [3.63, 3.8) is 0 Å². The van der Waals surface area contributed by atoms with Gasteiger partial charge < -0.3 is 10.1 Å². The molecule has 0 bridgehead atoms. The number of hydrogen-bond acceptors (Lipinski definition) is 4. The lowest BCUT2D eigenvalue weighted by Crippen LogP contribution is -2.34. The Balaban J connectivity index is 1.76. The third-order valence-electron chi connectivity index (χ3n) is 3.91. The molecule has 2 amide bonds. The zero-order valence-electron chi connectivity index (χ0n) is 13.8. The summed E-state index contributed by atoms with van der Waals surface area (Å²) in [5.41, 5.74) is 2.51. The summed E-state index contributed by atoms with van der Waals surface area (Å²) >= 11 is 0. The van der Waals surface area contributed by atoms with Crippen LogP contribution in [0, 0.1) is 6.92 Å². The topological polar surface area (TPSA) is 58.6 Å². The molecule has 3 rings (SSSR count). The van der Waals surface area contributed by atoms with E-state index in [1.165, 1.54) is 4.90 Å². The number of carbonyl (C=O) groups excluding carboxylic acids is 2. The van der Waals surface area contributed by atoms with Gasteiger partial charge in [0.2, 0.25) is 5.91 Å². The lowest BCUT2D eigenvalue weighted by Gasteiger charge is -2.16. The lowest BCUT2D eigenvalue weighted by molar-refractivity contribution is -0.121. The van der Waals surface area contributed by atoms with Gasteiger partial charge in [-0.15, -0.1) is 0 Å². The van der Waals surface area contributed by atoms with Crippen molar-refractivity contribution in [3.8, 4) is 5.75 Å². The van der Waals surface area contributed by atoms with Crippen molar-refractivity contribution in [2.75, 3.05) is 16.8 Å². The Morgan fingerprint density at radius 1 is 1.17 bits per heavy atom. The van der Waals surface area contributed by atoms with Crippen LogP contribution in [0.2, 0.25) is 0 Å². The van der Waals surface area contributed by atoms with E-state index in [2.05, 4.69) is 5.32 Å². The maximum Gasteiger partial charge on any atom is 0.256 e. The van der Waals surface area contributed by atoms with Crippen LogP contribution in [0.1, 0.15) is 18.9 Å². The molecular formula is C19H20N2O3. The minimum absolute atomic E-state index is 0.153. The molecule has 1 aliphatic rings. The van der Waals surface area contributed by atoms with Crippen LogP contribution in [0.15, 0.2) is 48.5 Å². The number of imide groups is 1. The first kappa shape index (κ1) is 16.1. The average molecular weight is 324 g/mol. The molecule has 5 heteroatoms. The number of aryl methyl sites for hydroxylation is 1. The molecule has 124 valence electrons. The molecule has 0 saturated carbocycles. The Bertz CT molecular complexity index is 755. The molecule has 0 radical (unpaired) electrons. The molecule has 24 heavy (non-hydrogen) atoms. The molecule has 1 atom stereocenters. The number of ether oxygens (including phenoxy) is 1. The molecule has 1 heterocycles. The van der Waals surface area contributed by atoms with Gasteiger partial charge in [-0.3, -0.25) is 9.59 Å². The van der Waals surface area contributed by atoms with Crippen LogP contribution in [0.3, 0.4) is 0 Å². The fourth-order valence-electron chi connectivity index (χ4n) is 2.81. The van der Waals surface area contributed by atoms with Gasteiger partial charge in [0, 0.05) is 5.69 Å². The van der Waals surface area contributed by atoms with E-state index in [4.69, 9.17) is 4.74 Å². The molecule has 1 N–H and O–H groups in total. The summed E-state index contributed by atoms with van der Waals surface area (Å²) in [5.74, 6) is 0.287. The van der Waals surface area contributed by atoms with Crippen LogP contribution in [-0.2, 0) is 9.59 Å². The molecule has 1 fully saturated rings. The van der Waals surface area contributed by atoms with Crippen molar-refractivity contribution >= 4 is 23.2 Å². The van der Waals surface area contributed by atoms with Crippen LogP contribution >= 0.6 is 0 Å². The molecule has 1 saturated heterocycles. The Kier molecular flexibility index (Phi) is 4.51. The molecular weight excluding hydrogens is 304 g/mol. The van der Waals surface area contributed by atoms with Gasteiger partial charge in [-0.25, -0.2) is 4.90 Å². The van der Waals surface area contributed by atoms with Crippen LogP contribution in [0.4, 0.5) is 11.4 Å². The van der Waals surface area contributed by atoms with Crippen molar-refractivity contribution in [2.45, 2.75) is 26.3 Å². The second kappa shape index (κ2) is 6.74. The second-order valence-electron chi connectivity index (χ2n) is 5.76. The zero-order valence-corrected chi connectivity index (χ0v) is 13.8. The monoisotopic (exact) mass is 324 g/mol. The Morgan fingerprint density at radius 3 is 2.58 bits per heavy atom. The third kappa shape index (κ3) is 3.25. The molecule has 0 spiro atoms. The SMILES string of the molecule is CCOc1ccc(N2C(=O)C[C@H](Nc3cccc(C)c3)C2=O)cc1. The maximum absolute atomic E-state index is 12.6. The summed E-state index contributed by atoms with van der Waals surface area (Å²) in [4.78, 5) is 26.2. The molecule has 0 aliphatic carbocycles. The Hall–Kier alpha value is -2.82. The summed E-state index contributed by atoms with van der Waals surface area (Å²) in [6.07, 6.45) is 0.153. The van der Waals surface area contributed by atoms with Crippen molar-refractivity contribution in [3.05, 3.63) is 54.1 Å². The fourth-order valence-corrected chi connectivity index (χ4v) is 2.81. The first-order chi connectivity index (χ1) is 11.6. The summed E-state index contributed by atoms with van der Waals surface area (Å²) in [5, 5.41) is 3.16. The number of amides is 2. The van der Waals surface area contributed by atoms with E-state index in [9.17, 15) is 9.59 Å². The zero-order chi connectivity index (χ0) is 17.1. The molecule has 2 aromatic carbocycles. The number of nitrogens with one attached hydrogen (secondary N) is 1. The molecule has 1 aliphatic heterocycles. The van der Waals surface area contributed by atoms with Crippen LogP contribution in [0.5, 0.6) is 5.75 Å². The standard InChI is InChI=1S/C19H20N2O3/c1-3-24-16-9-7-15(8-10-16)21-18(22)12-17(19(21)23)20-14-6-4-5-13(2)11-14/h4-11,17,20H,3,12H2,1-2H3/t17-/m0/s1. The van der Waals surface area contributed by atoms with E-state index < -0.39 is 6.04 Å². The van der Waals surface area contributed by atoms with E-state index in [0.29, 0.717) is 12.3 Å². The number of carbonyl (C=O) groups is 2. The van der Waals surface area contributed by atoms with Gasteiger partial charge in [0.25, 0.3) is 5.91 Å². The Morgan fingerprint density at radius 2 is 1.92 bits per heavy atom. The summed E-state index contributed by atoms with van der Waals surface area (Å²) in [7, 11) is 0. The van der Waals surface area contributed by atoms with Gasteiger partial charge in [0.1, 0.15) is 11.8 Å². The van der Waals surface area contributed by atoms with Gasteiger partial charge in [-0.1, -0.05) is 12.1 Å². The van der Waals surface area contributed by atoms with Crippen LogP contribution < -0.4 is 15.0 Å². The van der Waals surface area contributed by atoms with E-state index in [0.717, 1.165) is 17.0 Å². The van der Waals surface area contributed by atoms with Crippen molar-refractivity contribution in [1.82, 2.24) is 0 Å². The van der Waals surface area contributed by atoms with E-state index in [1.54, 1.807) is 24.3 Å². The van der Waals surface area contributed by atoms with Crippen molar-refractivity contribution in [2.24, 2.45) is 0 Å². The van der Waals surface area contributed by atoms with E-state index in [-0.39, 0.29) is 18.2 Å². The van der Waals surface area contributed by atoms with Crippen molar-refractivity contribution < 1.29 is 14.3 Å². The normalized spacial score (nSPS) is 17.2. The fraction of sp³-hybridized carbons (Fsp3) is 0.263. The van der Waals surface area contributed by atoms with Crippen molar-refractivity contribution in [1.29, 1.82) is 0 Å². The third-order valence-corrected chi connectivity index (χ3v) is 3.91. The maximum atomic E-state index is 12.6. The van der Waals surface area contributed by atoms with Gasteiger partial charge in [0.05, 0.1) is 18.7 Å². The largest absolute Gasteiger partial charge is 0.494 e. The van der Waals surface area contributed by atoms with E-state index in [1.807, 2.05) is 38.1 Å². The molecule has 0 unspecified atom stereocenters. The number of anilines is 2. The quantitative estimate of drug-likeness (QED) is 0.859. The molecule has 5 nitrogen and oxygen atoms in total. The average Bonchev–Trinajstić information content (AvgIpc) is 2.83. The number of benzene rings is 2. The number of rotatable bonds is 5. The molecule has 0 aromatic heterocycles. The highest BCUT2D eigenvalue weighted by Gasteiger charge is 2.39. The lowest BCUT2D eigenvalue weighted by atomic mass is 10.2. The Labute approximate surface area is 141 Å². The highest BCUT2D eigenvalue weighted by molar-refractivity contribution is 6.23. The predicted octanol–water partition coefficient (Wildman–Crippen LogP) is 3.14. The van der Waals surface area contributed by atoms with Gasteiger partial charge in [0.15, 0.2) is 0 Å².